The quantitative estimate of drug-likeness (QED) is 0.429. The van der Waals surface area contributed by atoms with Gasteiger partial charge in [0.1, 0.15) is 0 Å². The molecule has 4 aliphatic heterocycles. The predicted molar refractivity (Wildman–Crippen MR) is 147 cm³/mol. The molecule has 0 radical (unpaired) electrons. The Balaban J connectivity index is 1.29. The second-order valence-corrected chi connectivity index (χ2v) is 14.0. The molecule has 206 valence electrons. The molecule has 0 saturated carbocycles. The summed E-state index contributed by atoms with van der Waals surface area (Å²) >= 11 is 0. The monoisotopic (exact) mass is 542 g/mol. The second kappa shape index (κ2) is 10.3. The Morgan fingerprint density at radius 2 is 1.84 bits per heavy atom. The molecule has 4 aliphatic rings. The van der Waals surface area contributed by atoms with E-state index in [2.05, 4.69) is 10.2 Å². The lowest BCUT2D eigenvalue weighted by atomic mass is 9.75. The van der Waals surface area contributed by atoms with Gasteiger partial charge in [0.2, 0.25) is 0 Å². The molecule has 2 N–H and O–H groups in total. The van der Waals surface area contributed by atoms with Crippen LogP contribution in [-0.2, 0) is 14.6 Å². The number of aryl methyl sites for hydroxylation is 1. The van der Waals surface area contributed by atoms with Crippen LogP contribution in [0.15, 0.2) is 47.4 Å². The first-order chi connectivity index (χ1) is 18.0. The topological polar surface area (TPSA) is 95.9 Å². The number of aliphatic hydroxyl groups excluding tert-OH is 1. The van der Waals surface area contributed by atoms with Gasteiger partial charge in [-0.25, -0.2) is 13.2 Å². The Morgan fingerprint density at radius 1 is 1.13 bits per heavy atom. The third kappa shape index (κ3) is 5.47. The van der Waals surface area contributed by atoms with Crippen molar-refractivity contribution in [3.63, 3.8) is 0 Å². The number of nitrogens with zero attached hydrogens (tertiary/aromatic N) is 2. The number of aliphatic hydroxyl groups is 1. The maximum Gasteiger partial charge on any atom is 0.411 e. The highest BCUT2D eigenvalue weighted by atomic mass is 32.2. The van der Waals surface area contributed by atoms with Gasteiger partial charge >= 0.3 is 6.09 Å². The van der Waals surface area contributed by atoms with Crippen molar-refractivity contribution in [1.29, 1.82) is 0 Å². The zero-order valence-electron chi connectivity index (χ0n) is 22.7. The number of quaternary nitrogens is 1. The molecule has 9 heteroatoms. The SMILES string of the molecule is Cc1ccc2c(c1)[C@@H](c1cccc(NC(=O)OCCC[N+]34CCN(CC3)CC4)c1)[C@@H](O)C(C)(C)CS2(=O)=O. The fraction of sp³-hybridized carbons (Fsp3) is 0.552. The van der Waals surface area contributed by atoms with Crippen LogP contribution in [-0.4, -0.2) is 93.3 Å². The number of hydrogen-bond acceptors (Lipinski definition) is 6. The normalized spacial score (nSPS) is 29.2. The highest BCUT2D eigenvalue weighted by Gasteiger charge is 2.45. The van der Waals surface area contributed by atoms with E-state index in [0.29, 0.717) is 17.9 Å². The smallest absolute Gasteiger partial charge is 0.411 e. The van der Waals surface area contributed by atoms with E-state index in [0.717, 1.165) is 28.6 Å². The third-order valence-corrected chi connectivity index (χ3v) is 10.9. The summed E-state index contributed by atoms with van der Waals surface area (Å²) < 4.78 is 33.1. The van der Waals surface area contributed by atoms with Crippen LogP contribution in [0.1, 0.15) is 42.9 Å². The first-order valence-electron chi connectivity index (χ1n) is 13.6. The molecule has 0 spiro atoms. The van der Waals surface area contributed by atoms with Gasteiger partial charge in [0.15, 0.2) is 9.84 Å². The van der Waals surface area contributed by atoms with Crippen molar-refractivity contribution in [2.45, 2.75) is 44.1 Å². The Kier molecular flexibility index (Phi) is 7.32. The van der Waals surface area contributed by atoms with Crippen LogP contribution in [0.25, 0.3) is 0 Å². The van der Waals surface area contributed by atoms with E-state index in [1.165, 1.54) is 39.3 Å². The molecule has 2 atom stereocenters. The fourth-order valence-corrected chi connectivity index (χ4v) is 8.55. The van der Waals surface area contributed by atoms with E-state index in [4.69, 9.17) is 4.74 Å². The number of amides is 1. The number of sulfone groups is 1. The van der Waals surface area contributed by atoms with Crippen LogP contribution in [0.5, 0.6) is 0 Å². The molecule has 3 saturated heterocycles. The van der Waals surface area contributed by atoms with Gasteiger partial charge in [-0.3, -0.25) is 10.2 Å². The lowest BCUT2D eigenvalue weighted by Gasteiger charge is -2.50. The Labute approximate surface area is 226 Å². The molecule has 6 rings (SSSR count). The van der Waals surface area contributed by atoms with E-state index in [-0.39, 0.29) is 10.6 Å². The molecular weight excluding hydrogens is 502 g/mol. The number of fused-ring (bicyclic) bond motifs is 4. The van der Waals surface area contributed by atoms with Crippen LogP contribution in [0.3, 0.4) is 0 Å². The highest BCUT2D eigenvalue weighted by molar-refractivity contribution is 7.91. The van der Waals surface area contributed by atoms with Crippen LogP contribution in [0.2, 0.25) is 0 Å². The van der Waals surface area contributed by atoms with Gasteiger partial charge < -0.3 is 14.3 Å². The highest BCUT2D eigenvalue weighted by Crippen LogP contribution is 2.45. The van der Waals surface area contributed by atoms with Crippen LogP contribution >= 0.6 is 0 Å². The van der Waals surface area contributed by atoms with E-state index in [9.17, 15) is 18.3 Å². The van der Waals surface area contributed by atoms with Crippen LogP contribution < -0.4 is 5.32 Å². The summed E-state index contributed by atoms with van der Waals surface area (Å²) in [5, 5.41) is 14.3. The summed E-state index contributed by atoms with van der Waals surface area (Å²) in [7, 11) is -3.58. The summed E-state index contributed by atoms with van der Waals surface area (Å²) in [4.78, 5) is 15.4. The molecule has 0 aromatic heterocycles. The maximum absolute atomic E-state index is 13.2. The van der Waals surface area contributed by atoms with Crippen molar-refractivity contribution in [2.75, 3.05) is 63.5 Å². The zero-order chi connectivity index (χ0) is 27.1. The minimum atomic E-state index is -3.58. The summed E-state index contributed by atoms with van der Waals surface area (Å²) in [6.07, 6.45) is -0.612. The Hall–Kier alpha value is -2.46. The van der Waals surface area contributed by atoms with E-state index in [1.54, 1.807) is 38.1 Å². The number of rotatable bonds is 6. The lowest BCUT2D eigenvalue weighted by Crippen LogP contribution is -2.67. The van der Waals surface area contributed by atoms with Crippen molar-refractivity contribution in [3.8, 4) is 0 Å². The van der Waals surface area contributed by atoms with E-state index < -0.39 is 33.4 Å². The number of ether oxygens (including phenoxy) is 1. The van der Waals surface area contributed by atoms with Gasteiger partial charge in [0.25, 0.3) is 0 Å². The van der Waals surface area contributed by atoms with Crippen molar-refractivity contribution in [3.05, 3.63) is 59.2 Å². The second-order valence-electron chi connectivity index (χ2n) is 12.0. The maximum atomic E-state index is 13.2. The Morgan fingerprint density at radius 3 is 2.55 bits per heavy atom. The summed E-state index contributed by atoms with van der Waals surface area (Å²) in [6, 6.07) is 12.6. The molecule has 0 aliphatic carbocycles. The molecule has 38 heavy (non-hydrogen) atoms. The molecule has 1 amide bonds. The van der Waals surface area contributed by atoms with Crippen molar-refractivity contribution < 1.29 is 27.5 Å². The molecule has 4 heterocycles. The average Bonchev–Trinajstić information content (AvgIpc) is 2.93. The number of anilines is 1. The van der Waals surface area contributed by atoms with Gasteiger partial charge in [-0.2, -0.15) is 0 Å². The van der Waals surface area contributed by atoms with Gasteiger partial charge in [-0.15, -0.1) is 0 Å². The number of nitrogens with one attached hydrogen (secondary N) is 1. The van der Waals surface area contributed by atoms with Crippen molar-refractivity contribution >= 4 is 21.6 Å². The largest absolute Gasteiger partial charge is 0.449 e. The van der Waals surface area contributed by atoms with Gasteiger partial charge in [-0.05, 0) is 36.2 Å². The summed E-state index contributed by atoms with van der Waals surface area (Å²) in [5.74, 6) is -0.704. The number of carbonyl (C=O) groups is 1. The molecule has 3 fully saturated rings. The molecule has 0 unspecified atom stereocenters. The minimum absolute atomic E-state index is 0.143. The molecule has 8 nitrogen and oxygen atoms in total. The first-order valence-corrected chi connectivity index (χ1v) is 15.3. The molecule has 2 aromatic rings. The number of carbonyl (C=O) groups excluding carboxylic acids is 1. The molecular formula is C29H40N3O5S+. The number of benzene rings is 2. The van der Waals surface area contributed by atoms with E-state index >= 15 is 0 Å². The van der Waals surface area contributed by atoms with Crippen molar-refractivity contribution in [1.82, 2.24) is 4.90 Å². The fourth-order valence-electron chi connectivity index (χ4n) is 6.43. The van der Waals surface area contributed by atoms with Crippen molar-refractivity contribution in [2.24, 2.45) is 5.41 Å². The molecule has 2 aromatic carbocycles. The van der Waals surface area contributed by atoms with Gasteiger partial charge in [0, 0.05) is 43.1 Å². The number of hydrogen-bond donors (Lipinski definition) is 2. The third-order valence-electron chi connectivity index (χ3n) is 8.69. The van der Waals surface area contributed by atoms with Crippen LogP contribution in [0, 0.1) is 12.3 Å². The number of piperazine rings is 3. The molecule has 2 bridgehead atoms. The van der Waals surface area contributed by atoms with Gasteiger partial charge in [-0.1, -0.05) is 43.7 Å². The lowest BCUT2D eigenvalue weighted by molar-refractivity contribution is -0.941. The van der Waals surface area contributed by atoms with Gasteiger partial charge in [0.05, 0.1) is 49.5 Å². The van der Waals surface area contributed by atoms with E-state index in [1.807, 2.05) is 25.1 Å². The summed E-state index contributed by atoms with van der Waals surface area (Å²) in [5.41, 5.74) is 1.94. The predicted octanol–water partition coefficient (Wildman–Crippen LogP) is 3.39. The average molecular weight is 543 g/mol. The Bertz CT molecular complexity index is 1290. The first kappa shape index (κ1) is 27.1. The summed E-state index contributed by atoms with van der Waals surface area (Å²) in [6.45, 7) is 14.0. The minimum Gasteiger partial charge on any atom is -0.449 e. The van der Waals surface area contributed by atoms with Crippen LogP contribution in [0.4, 0.5) is 10.5 Å². The zero-order valence-corrected chi connectivity index (χ0v) is 23.5. The standard InChI is InChI=1S/C29H39N3O5S/c1-21-8-9-25-24(18-21)26(27(33)29(2,3)20-38(25,35)36)22-6-4-7-23(19-22)30-28(34)37-17-5-13-32-14-10-31(11-15-32)12-16-32/h4,6-9,18-19,26-27,33H,5,10-17,20H2,1-3H3/p+1/t26-,27-/m1/s1.